The molecule has 0 unspecified atom stereocenters. The van der Waals surface area contributed by atoms with Crippen LogP contribution in [0, 0.1) is 0 Å². The van der Waals surface area contributed by atoms with E-state index in [1.807, 2.05) is 0 Å². The number of benzene rings is 2. The van der Waals surface area contributed by atoms with Gasteiger partial charge in [0.2, 0.25) is 12.4 Å². The Kier molecular flexibility index (Phi) is 15.5. The van der Waals surface area contributed by atoms with Gasteiger partial charge < -0.3 is 56.8 Å². The molecule has 20 heteroatoms. The third-order valence-electron chi connectivity index (χ3n) is 9.16. The van der Waals surface area contributed by atoms with Crippen molar-refractivity contribution in [2.75, 3.05) is 13.2 Å². The van der Waals surface area contributed by atoms with Crippen LogP contribution in [0.4, 0.5) is 0 Å². The van der Waals surface area contributed by atoms with Crippen LogP contribution < -0.4 is 4.74 Å². The van der Waals surface area contributed by atoms with Crippen molar-refractivity contribution in [1.82, 2.24) is 0 Å². The number of rotatable bonds is 16. The lowest BCUT2D eigenvalue weighted by molar-refractivity contribution is -0.354. The summed E-state index contributed by atoms with van der Waals surface area (Å²) in [6.07, 6.45) is -18.0. The maximum absolute atomic E-state index is 13.2. The van der Waals surface area contributed by atoms with Crippen LogP contribution in [0.15, 0.2) is 54.6 Å². The van der Waals surface area contributed by atoms with Crippen molar-refractivity contribution in [2.24, 2.45) is 0 Å². The highest BCUT2D eigenvalue weighted by Crippen LogP contribution is 2.45. The molecule has 5 rings (SSSR count). The summed E-state index contributed by atoms with van der Waals surface area (Å²) in [4.78, 5) is 100. The van der Waals surface area contributed by atoms with E-state index in [4.69, 9.17) is 56.8 Å². The van der Waals surface area contributed by atoms with E-state index in [0.717, 1.165) is 48.5 Å². The highest BCUT2D eigenvalue weighted by molar-refractivity contribution is 6.01. The zero-order chi connectivity index (χ0) is 44.5. The molecule has 3 fully saturated rings. The number of ketones is 1. The molecule has 2 aromatic carbocycles. The predicted molar refractivity (Wildman–Crippen MR) is 199 cm³/mol. The van der Waals surface area contributed by atoms with Crippen LogP contribution in [0.5, 0.6) is 5.75 Å². The number of ether oxygens (including phenoxy) is 12. The Morgan fingerprint density at radius 3 is 1.46 bits per heavy atom. The second kappa shape index (κ2) is 20.5. The topological polar surface area (TPSA) is 251 Å². The predicted octanol–water partition coefficient (Wildman–Crippen LogP) is 2.01. The van der Waals surface area contributed by atoms with Crippen LogP contribution in [-0.2, 0) is 85.7 Å². The lowest BCUT2D eigenvalue weighted by Gasteiger charge is -2.48. The molecular formula is C41H46O20. The van der Waals surface area contributed by atoms with Crippen molar-refractivity contribution >= 4 is 47.6 Å². The quantitative estimate of drug-likeness (QED) is 0.101. The Balaban J connectivity index is 1.55. The number of esters is 7. The fourth-order valence-corrected chi connectivity index (χ4v) is 6.83. The van der Waals surface area contributed by atoms with Gasteiger partial charge >= 0.3 is 41.8 Å². The zero-order valence-corrected chi connectivity index (χ0v) is 34.2. The summed E-state index contributed by atoms with van der Waals surface area (Å²) >= 11 is 0. The molecule has 0 bridgehead atoms. The van der Waals surface area contributed by atoms with Gasteiger partial charge in [0.25, 0.3) is 0 Å². The fraction of sp³-hybridized carbons (Fsp3) is 0.512. The molecule has 3 aliphatic rings. The van der Waals surface area contributed by atoms with Gasteiger partial charge in [0.15, 0.2) is 42.6 Å². The molecular weight excluding hydrogens is 812 g/mol. The number of Topliss-reactive ketones (excluding diaryl/α,β-unsaturated/α-hetero) is 1. The minimum atomic E-state index is -1.85. The standard InChI is InChI=1S/C41H46O20/c1-19(42)50-17-29-33(52-21(3)44)36(53-22(4)45)39(56-25(7)48)41(59-29)61-34-30(18-51-20(2)43)58-40(38(55-24(6)47)37(34)54-23(5)46)57-28-16-12-11-15-27(28)32-35(60-32)31(49)26-13-9-8-10-14-26/h8-16,29-30,32-41H,17-18H2,1-7H3/t29-,30-,32+,33-,34-,35+,36+,37+,38-,39-,40-,41+/m1/s1. The van der Waals surface area contributed by atoms with Crippen LogP contribution in [0.25, 0.3) is 0 Å². The first-order chi connectivity index (χ1) is 28.9. The van der Waals surface area contributed by atoms with E-state index in [9.17, 15) is 38.4 Å². The monoisotopic (exact) mass is 858 g/mol. The molecule has 20 nitrogen and oxygen atoms in total. The fourth-order valence-electron chi connectivity index (χ4n) is 6.83. The van der Waals surface area contributed by atoms with Crippen molar-refractivity contribution < 1.29 is 95.2 Å². The van der Waals surface area contributed by atoms with Gasteiger partial charge in [-0.05, 0) is 6.07 Å². The van der Waals surface area contributed by atoms with Crippen LogP contribution in [0.1, 0.15) is 70.5 Å². The maximum atomic E-state index is 13.2. The largest absolute Gasteiger partial charge is 0.463 e. The van der Waals surface area contributed by atoms with Crippen LogP contribution >= 0.6 is 0 Å². The summed E-state index contributed by atoms with van der Waals surface area (Å²) in [7, 11) is 0. The summed E-state index contributed by atoms with van der Waals surface area (Å²) < 4.78 is 69.4. The molecule has 0 aromatic heterocycles. The van der Waals surface area contributed by atoms with Crippen molar-refractivity contribution in [3.05, 3.63) is 65.7 Å². The molecule has 0 amide bonds. The van der Waals surface area contributed by atoms with Gasteiger partial charge in [-0.15, -0.1) is 0 Å². The van der Waals surface area contributed by atoms with E-state index < -0.39 is 129 Å². The van der Waals surface area contributed by atoms with Crippen LogP contribution in [0.3, 0.4) is 0 Å². The van der Waals surface area contributed by atoms with Gasteiger partial charge in [-0.25, -0.2) is 0 Å². The smallest absolute Gasteiger partial charge is 0.303 e. The first-order valence-electron chi connectivity index (χ1n) is 19.0. The first kappa shape index (κ1) is 46.1. The molecule has 61 heavy (non-hydrogen) atoms. The number of epoxide rings is 1. The van der Waals surface area contributed by atoms with E-state index in [-0.39, 0.29) is 11.5 Å². The molecule has 3 saturated heterocycles. The normalized spacial score (nSPS) is 29.1. The van der Waals surface area contributed by atoms with E-state index in [2.05, 4.69) is 0 Å². The molecule has 0 aliphatic carbocycles. The molecule has 0 spiro atoms. The highest BCUT2D eigenvalue weighted by atomic mass is 16.8. The zero-order valence-electron chi connectivity index (χ0n) is 34.2. The molecule has 3 heterocycles. The highest BCUT2D eigenvalue weighted by Gasteiger charge is 2.58. The second-order valence-corrected chi connectivity index (χ2v) is 14.0. The van der Waals surface area contributed by atoms with E-state index in [1.54, 1.807) is 48.5 Å². The SMILES string of the molecule is CC(=O)OC[C@H]1O[C@@H](O[C@H]2[C@H](OC(C)=O)[C@@H](OC(C)=O)[C@H](Oc3ccccc3[C@@H]3O[C@H]3C(=O)c3ccccc3)O[C@@H]2COC(C)=O)[C@H](OC(C)=O)[C@@H](OC(C)=O)[C@@H]1OC(C)=O. The Bertz CT molecular complexity index is 1950. The van der Waals surface area contributed by atoms with Crippen molar-refractivity contribution in [3.63, 3.8) is 0 Å². The minimum absolute atomic E-state index is 0.116. The minimum Gasteiger partial charge on any atom is -0.463 e. The summed E-state index contributed by atoms with van der Waals surface area (Å²) in [5.41, 5.74) is 0.845. The second-order valence-electron chi connectivity index (χ2n) is 14.0. The number of hydrogen-bond acceptors (Lipinski definition) is 20. The van der Waals surface area contributed by atoms with Crippen LogP contribution in [-0.4, -0.2) is 128 Å². The number of carbonyl (C=O) groups is 8. The van der Waals surface area contributed by atoms with Gasteiger partial charge in [0, 0.05) is 59.6 Å². The number of carbonyl (C=O) groups excluding carboxylic acids is 8. The van der Waals surface area contributed by atoms with Crippen LogP contribution in [0.2, 0.25) is 0 Å². The van der Waals surface area contributed by atoms with E-state index in [0.29, 0.717) is 11.1 Å². The lowest BCUT2D eigenvalue weighted by atomic mass is 9.96. The van der Waals surface area contributed by atoms with Gasteiger partial charge in [-0.3, -0.25) is 38.4 Å². The van der Waals surface area contributed by atoms with Gasteiger partial charge in [-0.2, -0.15) is 0 Å². The van der Waals surface area contributed by atoms with Gasteiger partial charge in [-0.1, -0.05) is 48.5 Å². The summed E-state index contributed by atoms with van der Waals surface area (Å²) in [6, 6.07) is 15.0. The van der Waals surface area contributed by atoms with E-state index >= 15 is 0 Å². The molecule has 0 radical (unpaired) electrons. The summed E-state index contributed by atoms with van der Waals surface area (Å²) in [5.74, 6) is -6.24. The van der Waals surface area contributed by atoms with Gasteiger partial charge in [0.1, 0.15) is 43.4 Å². The first-order valence-corrected chi connectivity index (χ1v) is 19.0. The Labute approximate surface area is 349 Å². The number of para-hydroxylation sites is 1. The van der Waals surface area contributed by atoms with Crippen molar-refractivity contribution in [2.45, 2.75) is 122 Å². The average molecular weight is 859 g/mol. The third kappa shape index (κ3) is 12.3. The summed E-state index contributed by atoms with van der Waals surface area (Å²) in [5, 5.41) is 0. The Hall–Kier alpha value is -5.96. The molecule has 3 aliphatic heterocycles. The van der Waals surface area contributed by atoms with E-state index in [1.165, 1.54) is 6.07 Å². The lowest BCUT2D eigenvalue weighted by Crippen LogP contribution is -2.67. The Morgan fingerprint density at radius 1 is 0.475 bits per heavy atom. The molecule has 0 N–H and O–H groups in total. The summed E-state index contributed by atoms with van der Waals surface area (Å²) in [6.45, 7) is 6.20. The maximum Gasteiger partial charge on any atom is 0.303 e. The van der Waals surface area contributed by atoms with Gasteiger partial charge in [0.05, 0.1) is 0 Å². The average Bonchev–Trinajstić information content (AvgIpc) is 3.98. The third-order valence-corrected chi connectivity index (χ3v) is 9.16. The Morgan fingerprint density at radius 2 is 0.918 bits per heavy atom. The molecule has 0 saturated carbocycles. The van der Waals surface area contributed by atoms with Crippen molar-refractivity contribution in [3.8, 4) is 5.75 Å². The molecule has 12 atom stereocenters. The molecule has 2 aromatic rings. The van der Waals surface area contributed by atoms with Crippen molar-refractivity contribution in [1.29, 1.82) is 0 Å². The number of hydrogen-bond donors (Lipinski definition) is 0. The molecule has 330 valence electrons.